The number of nitrogens with one attached hydrogen (secondary N) is 1. The second kappa shape index (κ2) is 11.2. The molecule has 1 aromatic carbocycles. The average molecular weight is 457 g/mol. The summed E-state index contributed by atoms with van der Waals surface area (Å²) in [7, 11) is 2.06. The first-order valence-electron chi connectivity index (χ1n) is 12.0. The van der Waals surface area contributed by atoms with Crippen molar-refractivity contribution in [1.82, 2.24) is 19.7 Å². The number of likely N-dealkylation sites (tertiary alicyclic amines) is 1. The van der Waals surface area contributed by atoms with E-state index in [0.717, 1.165) is 61.4 Å². The molecule has 0 atom stereocenters. The SMILES string of the molecule is CCSc1nnc(C2CCN(CC(=O)Nc3ccc(N4CCCCCC4)cc3)CC2)n1C. The molecule has 0 aliphatic carbocycles. The van der Waals surface area contributed by atoms with E-state index >= 15 is 0 Å². The highest BCUT2D eigenvalue weighted by atomic mass is 32.2. The highest BCUT2D eigenvalue weighted by Gasteiger charge is 2.26. The van der Waals surface area contributed by atoms with Crippen LogP contribution in [0, 0.1) is 0 Å². The lowest BCUT2D eigenvalue weighted by Gasteiger charge is -2.30. The molecule has 8 heteroatoms. The first kappa shape index (κ1) is 23.1. The summed E-state index contributed by atoms with van der Waals surface area (Å²) in [6.07, 6.45) is 7.23. The van der Waals surface area contributed by atoms with Crippen LogP contribution in [0.3, 0.4) is 0 Å². The number of amides is 1. The van der Waals surface area contributed by atoms with Crippen LogP contribution in [0.2, 0.25) is 0 Å². The maximum Gasteiger partial charge on any atom is 0.238 e. The molecule has 7 nitrogen and oxygen atoms in total. The van der Waals surface area contributed by atoms with E-state index in [1.807, 2.05) is 12.1 Å². The molecule has 0 spiro atoms. The van der Waals surface area contributed by atoms with Crippen molar-refractivity contribution in [1.29, 1.82) is 0 Å². The van der Waals surface area contributed by atoms with Crippen molar-refractivity contribution in [3.63, 3.8) is 0 Å². The number of carbonyl (C=O) groups is 1. The monoisotopic (exact) mass is 456 g/mol. The molecule has 2 aromatic rings. The highest BCUT2D eigenvalue weighted by Crippen LogP contribution is 2.28. The van der Waals surface area contributed by atoms with Crippen molar-refractivity contribution in [2.75, 3.05) is 48.7 Å². The van der Waals surface area contributed by atoms with Gasteiger partial charge in [-0.2, -0.15) is 0 Å². The van der Waals surface area contributed by atoms with Crippen LogP contribution < -0.4 is 10.2 Å². The molecular weight excluding hydrogens is 420 g/mol. The van der Waals surface area contributed by atoms with Gasteiger partial charge in [0.25, 0.3) is 0 Å². The van der Waals surface area contributed by atoms with Gasteiger partial charge in [-0.3, -0.25) is 9.69 Å². The predicted molar refractivity (Wildman–Crippen MR) is 132 cm³/mol. The van der Waals surface area contributed by atoms with Crippen LogP contribution in [0.25, 0.3) is 0 Å². The third-order valence-electron chi connectivity index (χ3n) is 6.58. The van der Waals surface area contributed by atoms with Crippen LogP contribution in [-0.4, -0.2) is 64.0 Å². The summed E-state index contributed by atoms with van der Waals surface area (Å²) in [5.41, 5.74) is 2.14. The molecule has 0 saturated carbocycles. The van der Waals surface area contributed by atoms with Gasteiger partial charge >= 0.3 is 0 Å². The summed E-state index contributed by atoms with van der Waals surface area (Å²) in [5.74, 6) is 2.56. The minimum absolute atomic E-state index is 0.0614. The van der Waals surface area contributed by atoms with Crippen LogP contribution in [-0.2, 0) is 11.8 Å². The number of aromatic nitrogens is 3. The van der Waals surface area contributed by atoms with Crippen molar-refractivity contribution in [2.24, 2.45) is 7.05 Å². The van der Waals surface area contributed by atoms with Gasteiger partial charge in [0.15, 0.2) is 5.16 Å². The normalized spacial score (nSPS) is 18.5. The fourth-order valence-corrected chi connectivity index (χ4v) is 5.42. The first-order chi connectivity index (χ1) is 15.6. The van der Waals surface area contributed by atoms with Crippen molar-refractivity contribution in [3.8, 4) is 0 Å². The molecule has 4 rings (SSSR count). The Morgan fingerprint density at radius 1 is 1.03 bits per heavy atom. The molecule has 3 heterocycles. The minimum atomic E-state index is 0.0614. The van der Waals surface area contributed by atoms with E-state index in [-0.39, 0.29) is 5.91 Å². The second-order valence-corrected chi connectivity index (χ2v) is 10.1. The van der Waals surface area contributed by atoms with E-state index in [2.05, 4.69) is 56.0 Å². The lowest BCUT2D eigenvalue weighted by molar-refractivity contribution is -0.117. The zero-order valence-corrected chi connectivity index (χ0v) is 20.2. The highest BCUT2D eigenvalue weighted by molar-refractivity contribution is 7.99. The Balaban J connectivity index is 1.24. The van der Waals surface area contributed by atoms with E-state index < -0.39 is 0 Å². The zero-order chi connectivity index (χ0) is 22.3. The Hall–Kier alpha value is -2.06. The van der Waals surface area contributed by atoms with Gasteiger partial charge < -0.3 is 14.8 Å². The number of hydrogen-bond acceptors (Lipinski definition) is 6. The predicted octanol–water partition coefficient (Wildman–Crippen LogP) is 4.13. The summed E-state index contributed by atoms with van der Waals surface area (Å²) in [6.45, 7) is 6.66. The summed E-state index contributed by atoms with van der Waals surface area (Å²) in [4.78, 5) is 17.3. The Bertz CT molecular complexity index is 867. The van der Waals surface area contributed by atoms with Crippen molar-refractivity contribution in [2.45, 2.75) is 56.5 Å². The molecular formula is C24H36N6OS. The van der Waals surface area contributed by atoms with Gasteiger partial charge in [0.05, 0.1) is 6.54 Å². The first-order valence-corrected chi connectivity index (χ1v) is 13.0. The van der Waals surface area contributed by atoms with Crippen LogP contribution in [0.1, 0.15) is 57.2 Å². The molecule has 32 heavy (non-hydrogen) atoms. The third kappa shape index (κ3) is 5.84. The fraction of sp³-hybridized carbons (Fsp3) is 0.625. The Morgan fingerprint density at radius 3 is 2.38 bits per heavy atom. The van der Waals surface area contributed by atoms with Gasteiger partial charge in [0.2, 0.25) is 5.91 Å². The quantitative estimate of drug-likeness (QED) is 0.632. The number of rotatable bonds is 7. The largest absolute Gasteiger partial charge is 0.372 e. The Kier molecular flexibility index (Phi) is 8.08. The molecule has 2 saturated heterocycles. The topological polar surface area (TPSA) is 66.3 Å². The number of carbonyl (C=O) groups excluding carboxylic acids is 1. The third-order valence-corrected chi connectivity index (χ3v) is 7.49. The molecule has 2 aliphatic heterocycles. The summed E-state index contributed by atoms with van der Waals surface area (Å²) in [6, 6.07) is 8.34. The minimum Gasteiger partial charge on any atom is -0.372 e. The molecule has 1 N–H and O–H groups in total. The molecule has 1 amide bonds. The van der Waals surface area contributed by atoms with Crippen LogP contribution in [0.5, 0.6) is 0 Å². The maximum atomic E-state index is 12.6. The number of piperidine rings is 1. The number of nitrogens with zero attached hydrogens (tertiary/aromatic N) is 5. The number of benzene rings is 1. The second-order valence-electron chi connectivity index (χ2n) is 8.88. The molecule has 2 fully saturated rings. The van der Waals surface area contributed by atoms with Gasteiger partial charge in [0, 0.05) is 37.4 Å². The van der Waals surface area contributed by atoms with E-state index in [1.54, 1.807) is 11.8 Å². The molecule has 1 aromatic heterocycles. The maximum absolute atomic E-state index is 12.6. The fourth-order valence-electron chi connectivity index (χ4n) is 4.77. The average Bonchev–Trinajstić information content (AvgIpc) is 3.00. The van der Waals surface area contributed by atoms with Gasteiger partial charge in [-0.05, 0) is 68.8 Å². The molecule has 0 unspecified atom stereocenters. The Labute approximate surface area is 195 Å². The lowest BCUT2D eigenvalue weighted by atomic mass is 9.96. The van der Waals surface area contributed by atoms with E-state index in [9.17, 15) is 4.79 Å². The van der Waals surface area contributed by atoms with Crippen molar-refractivity contribution in [3.05, 3.63) is 30.1 Å². The molecule has 0 radical (unpaired) electrons. The lowest BCUT2D eigenvalue weighted by Crippen LogP contribution is -2.39. The number of anilines is 2. The molecule has 0 bridgehead atoms. The summed E-state index contributed by atoms with van der Waals surface area (Å²) < 4.78 is 2.14. The molecule has 174 valence electrons. The van der Waals surface area contributed by atoms with Gasteiger partial charge in [-0.25, -0.2) is 0 Å². The van der Waals surface area contributed by atoms with Crippen molar-refractivity contribution < 1.29 is 4.79 Å². The summed E-state index contributed by atoms with van der Waals surface area (Å²) in [5, 5.41) is 12.8. The number of thioether (sulfide) groups is 1. The zero-order valence-electron chi connectivity index (χ0n) is 19.4. The van der Waals surface area contributed by atoms with Crippen LogP contribution in [0.15, 0.2) is 29.4 Å². The van der Waals surface area contributed by atoms with Crippen molar-refractivity contribution >= 4 is 29.0 Å². The van der Waals surface area contributed by atoms with Gasteiger partial charge in [0.1, 0.15) is 5.82 Å². The number of hydrogen-bond donors (Lipinski definition) is 1. The smallest absolute Gasteiger partial charge is 0.238 e. The van der Waals surface area contributed by atoms with Gasteiger partial charge in [-0.1, -0.05) is 31.5 Å². The van der Waals surface area contributed by atoms with Gasteiger partial charge in [-0.15, -0.1) is 10.2 Å². The summed E-state index contributed by atoms with van der Waals surface area (Å²) >= 11 is 1.73. The van der Waals surface area contributed by atoms with E-state index in [4.69, 9.17) is 0 Å². The van der Waals surface area contributed by atoms with E-state index in [1.165, 1.54) is 31.4 Å². The standard InChI is InChI=1S/C24H36N6OS/c1-3-32-24-27-26-23(28(24)2)19-12-16-29(17-13-19)18-22(31)25-20-8-10-21(11-9-20)30-14-6-4-5-7-15-30/h8-11,19H,3-7,12-18H2,1-2H3,(H,25,31). The van der Waals surface area contributed by atoms with Crippen LogP contribution in [0.4, 0.5) is 11.4 Å². The Morgan fingerprint density at radius 2 is 1.72 bits per heavy atom. The molecule has 2 aliphatic rings. The van der Waals surface area contributed by atoms with Crippen LogP contribution >= 0.6 is 11.8 Å². The van der Waals surface area contributed by atoms with E-state index in [0.29, 0.717) is 12.5 Å².